The summed E-state index contributed by atoms with van der Waals surface area (Å²) >= 11 is 0. The summed E-state index contributed by atoms with van der Waals surface area (Å²) in [5.74, 6) is 0.221. The lowest BCUT2D eigenvalue weighted by Gasteiger charge is -2.18. The Hall–Kier alpha value is -3.23. The monoisotopic (exact) mass is 370 g/mol. The number of rotatable bonds is 7. The smallest absolute Gasteiger partial charge is 0.329 e. The van der Waals surface area contributed by atoms with Gasteiger partial charge in [-0.3, -0.25) is 14.9 Å². The Morgan fingerprint density at radius 3 is 2.78 bits per heavy atom. The molecule has 0 bridgehead atoms. The molecular weight excluding hydrogens is 348 g/mol. The molecular formula is C18H22N6O3. The first kappa shape index (κ1) is 18.6. The molecule has 3 rings (SSSR count). The largest absolute Gasteiger partial charge is 0.361 e. The third-order valence-electron chi connectivity index (χ3n) is 4.47. The van der Waals surface area contributed by atoms with Crippen LogP contribution in [0.25, 0.3) is 0 Å². The number of benzene rings is 1. The van der Waals surface area contributed by atoms with Crippen molar-refractivity contribution in [1.82, 2.24) is 9.97 Å². The summed E-state index contributed by atoms with van der Waals surface area (Å²) in [4.78, 5) is 32.9. The number of carbonyl (C=O) groups is 1. The zero-order chi connectivity index (χ0) is 19.6. The molecule has 2 aromatic rings. The van der Waals surface area contributed by atoms with E-state index in [9.17, 15) is 14.9 Å². The van der Waals surface area contributed by atoms with E-state index in [4.69, 9.17) is 0 Å². The maximum Gasteiger partial charge on any atom is 0.329 e. The molecule has 9 heteroatoms. The van der Waals surface area contributed by atoms with Crippen molar-refractivity contribution in [3.05, 3.63) is 45.6 Å². The third-order valence-corrected chi connectivity index (χ3v) is 4.47. The maximum absolute atomic E-state index is 12.4. The fraction of sp³-hybridized carbons (Fsp3) is 0.389. The highest BCUT2D eigenvalue weighted by atomic mass is 16.6. The minimum Gasteiger partial charge on any atom is -0.361 e. The van der Waals surface area contributed by atoms with Gasteiger partial charge in [-0.15, -0.1) is 0 Å². The van der Waals surface area contributed by atoms with Crippen molar-refractivity contribution < 1.29 is 9.72 Å². The Kier molecular flexibility index (Phi) is 5.20. The number of hydrogen-bond acceptors (Lipinski definition) is 7. The average molecular weight is 370 g/mol. The second kappa shape index (κ2) is 7.56. The number of nitrogens with zero attached hydrogens (tertiary/aromatic N) is 4. The normalized spacial score (nSPS) is 13.1. The molecule has 1 aromatic heterocycles. The molecule has 1 heterocycles. The number of amides is 1. The van der Waals surface area contributed by atoms with Crippen molar-refractivity contribution >= 4 is 29.0 Å². The summed E-state index contributed by atoms with van der Waals surface area (Å²) in [6.07, 6.45) is 3.10. The minimum atomic E-state index is -0.512. The standard InChI is InChI=1S/C18H22N6O3/c1-11-5-4-6-14(12(11)2)21-16(25)10-23(3)18-19-9-15(24(26)27)17(22-18)20-13-7-8-13/h4-6,9,13H,7-8,10H2,1-3H3,(H,21,25)(H,19,20,22). The Bertz CT molecular complexity index is 881. The minimum absolute atomic E-state index is 0.0219. The first-order valence-electron chi connectivity index (χ1n) is 8.70. The lowest BCUT2D eigenvalue weighted by molar-refractivity contribution is -0.384. The Morgan fingerprint density at radius 2 is 2.11 bits per heavy atom. The number of nitro groups is 1. The molecule has 1 fully saturated rings. The lowest BCUT2D eigenvalue weighted by Crippen LogP contribution is -2.31. The van der Waals surface area contributed by atoms with Crippen LogP contribution in [0.1, 0.15) is 24.0 Å². The zero-order valence-corrected chi connectivity index (χ0v) is 15.5. The van der Waals surface area contributed by atoms with Gasteiger partial charge in [-0.25, -0.2) is 4.98 Å². The van der Waals surface area contributed by atoms with Crippen LogP contribution in [-0.4, -0.2) is 40.4 Å². The van der Waals surface area contributed by atoms with Crippen molar-refractivity contribution in [1.29, 1.82) is 0 Å². The predicted octanol–water partition coefficient (Wildman–Crippen LogP) is 2.65. The molecule has 0 spiro atoms. The van der Waals surface area contributed by atoms with Gasteiger partial charge in [0.25, 0.3) is 0 Å². The van der Waals surface area contributed by atoms with Crippen LogP contribution in [0.2, 0.25) is 0 Å². The highest BCUT2D eigenvalue weighted by Gasteiger charge is 2.27. The number of aromatic nitrogens is 2. The van der Waals surface area contributed by atoms with Crippen LogP contribution >= 0.6 is 0 Å². The summed E-state index contributed by atoms with van der Waals surface area (Å²) in [7, 11) is 1.67. The Labute approximate surface area is 157 Å². The van der Waals surface area contributed by atoms with Gasteiger partial charge in [-0.1, -0.05) is 12.1 Å². The average Bonchev–Trinajstić information content (AvgIpc) is 3.42. The molecule has 0 unspecified atom stereocenters. The molecule has 2 N–H and O–H groups in total. The van der Waals surface area contributed by atoms with Gasteiger partial charge in [0.05, 0.1) is 11.5 Å². The van der Waals surface area contributed by atoms with Crippen LogP contribution in [-0.2, 0) is 4.79 Å². The summed E-state index contributed by atoms with van der Waals surface area (Å²) < 4.78 is 0. The number of carbonyl (C=O) groups excluding carboxylic acids is 1. The second-order valence-electron chi connectivity index (χ2n) is 6.73. The van der Waals surface area contributed by atoms with Gasteiger partial charge >= 0.3 is 5.69 Å². The Balaban J connectivity index is 1.71. The molecule has 27 heavy (non-hydrogen) atoms. The molecule has 1 amide bonds. The van der Waals surface area contributed by atoms with Gasteiger partial charge < -0.3 is 15.5 Å². The van der Waals surface area contributed by atoms with Crippen molar-refractivity contribution in [2.75, 3.05) is 29.1 Å². The summed E-state index contributed by atoms with van der Waals surface area (Å²) in [5.41, 5.74) is 2.69. The van der Waals surface area contributed by atoms with Gasteiger partial charge in [0.15, 0.2) is 0 Å². The number of likely N-dealkylation sites (N-methyl/N-ethyl adjacent to an activating group) is 1. The van der Waals surface area contributed by atoms with E-state index in [-0.39, 0.29) is 35.9 Å². The molecule has 1 aliphatic rings. The van der Waals surface area contributed by atoms with Crippen LogP contribution in [0.3, 0.4) is 0 Å². The first-order chi connectivity index (χ1) is 12.8. The second-order valence-corrected chi connectivity index (χ2v) is 6.73. The van der Waals surface area contributed by atoms with Crippen LogP contribution in [0.5, 0.6) is 0 Å². The van der Waals surface area contributed by atoms with E-state index < -0.39 is 4.92 Å². The van der Waals surface area contributed by atoms with E-state index in [1.54, 1.807) is 11.9 Å². The molecule has 1 aliphatic carbocycles. The van der Waals surface area contributed by atoms with E-state index in [1.807, 2.05) is 32.0 Å². The third kappa shape index (κ3) is 4.49. The SMILES string of the molecule is Cc1cccc(NC(=O)CN(C)c2ncc([N+](=O)[O-])c(NC3CC3)n2)c1C. The molecule has 1 aromatic carbocycles. The van der Waals surface area contributed by atoms with E-state index >= 15 is 0 Å². The van der Waals surface area contributed by atoms with E-state index in [0.29, 0.717) is 0 Å². The maximum atomic E-state index is 12.4. The molecule has 0 saturated heterocycles. The van der Waals surface area contributed by atoms with Gasteiger partial charge in [0.2, 0.25) is 17.7 Å². The van der Waals surface area contributed by atoms with Crippen LogP contribution in [0.15, 0.2) is 24.4 Å². The van der Waals surface area contributed by atoms with Crippen molar-refractivity contribution in [2.24, 2.45) is 0 Å². The summed E-state index contributed by atoms with van der Waals surface area (Å²) in [6, 6.07) is 5.93. The Morgan fingerprint density at radius 1 is 1.37 bits per heavy atom. The zero-order valence-electron chi connectivity index (χ0n) is 15.5. The van der Waals surface area contributed by atoms with Crippen LogP contribution in [0, 0.1) is 24.0 Å². The van der Waals surface area contributed by atoms with Crippen LogP contribution in [0.4, 0.5) is 23.1 Å². The number of hydrogen-bond donors (Lipinski definition) is 2. The molecule has 0 radical (unpaired) electrons. The number of aryl methyl sites for hydroxylation is 1. The van der Waals surface area contributed by atoms with Gasteiger partial charge in [-0.05, 0) is 43.9 Å². The fourth-order valence-corrected chi connectivity index (χ4v) is 2.57. The quantitative estimate of drug-likeness (QED) is 0.569. The van der Waals surface area contributed by atoms with Gasteiger partial charge in [0, 0.05) is 18.8 Å². The summed E-state index contributed by atoms with van der Waals surface area (Å²) in [6.45, 7) is 3.95. The van der Waals surface area contributed by atoms with E-state index in [2.05, 4.69) is 20.6 Å². The summed E-state index contributed by atoms with van der Waals surface area (Å²) in [5, 5.41) is 17.1. The molecule has 9 nitrogen and oxygen atoms in total. The van der Waals surface area contributed by atoms with Crippen molar-refractivity contribution in [3.8, 4) is 0 Å². The molecule has 0 aliphatic heterocycles. The van der Waals surface area contributed by atoms with Crippen molar-refractivity contribution in [2.45, 2.75) is 32.7 Å². The first-order valence-corrected chi connectivity index (χ1v) is 8.70. The number of anilines is 3. The van der Waals surface area contributed by atoms with Gasteiger partial charge in [-0.2, -0.15) is 4.98 Å². The highest BCUT2D eigenvalue weighted by molar-refractivity contribution is 5.94. The lowest BCUT2D eigenvalue weighted by atomic mass is 10.1. The van der Waals surface area contributed by atoms with Gasteiger partial charge in [0.1, 0.15) is 6.20 Å². The van der Waals surface area contributed by atoms with E-state index in [0.717, 1.165) is 29.7 Å². The number of nitrogens with one attached hydrogen (secondary N) is 2. The molecule has 1 saturated carbocycles. The molecule has 0 atom stereocenters. The van der Waals surface area contributed by atoms with Crippen molar-refractivity contribution in [3.63, 3.8) is 0 Å². The highest BCUT2D eigenvalue weighted by Crippen LogP contribution is 2.29. The van der Waals surface area contributed by atoms with Crippen LogP contribution < -0.4 is 15.5 Å². The fourth-order valence-electron chi connectivity index (χ4n) is 2.57. The van der Waals surface area contributed by atoms with E-state index in [1.165, 1.54) is 6.20 Å². The topological polar surface area (TPSA) is 113 Å². The predicted molar refractivity (Wildman–Crippen MR) is 103 cm³/mol. The molecule has 142 valence electrons.